The fraction of sp³-hybridized carbons (Fsp3) is 0.909. The molecule has 2 rings (SSSR count). The van der Waals surface area contributed by atoms with Crippen LogP contribution in [0.2, 0.25) is 0 Å². The van der Waals surface area contributed by atoms with Gasteiger partial charge in [0.2, 0.25) is 5.91 Å². The second-order valence-corrected chi connectivity index (χ2v) is 5.58. The van der Waals surface area contributed by atoms with E-state index in [9.17, 15) is 4.79 Å². The number of nitrogens with zero attached hydrogens (tertiary/aromatic N) is 1. The van der Waals surface area contributed by atoms with Crippen LogP contribution in [-0.2, 0) is 9.53 Å². The van der Waals surface area contributed by atoms with Crippen LogP contribution in [0.1, 0.15) is 12.8 Å². The number of hydrogen-bond donors (Lipinski definition) is 1. The van der Waals surface area contributed by atoms with Crippen molar-refractivity contribution < 1.29 is 9.53 Å². The molecule has 2 aliphatic heterocycles. The highest BCUT2D eigenvalue weighted by atomic mass is 32.2. The molecule has 1 unspecified atom stereocenters. The number of ether oxygens (including phenoxy) is 1. The van der Waals surface area contributed by atoms with Crippen molar-refractivity contribution in [3.63, 3.8) is 0 Å². The molecule has 16 heavy (non-hydrogen) atoms. The first-order valence-electron chi connectivity index (χ1n) is 5.91. The first-order chi connectivity index (χ1) is 7.77. The number of nitrogens with one attached hydrogen (secondary N) is 1. The quantitative estimate of drug-likeness (QED) is 0.786. The molecule has 0 radical (unpaired) electrons. The molecule has 92 valence electrons. The van der Waals surface area contributed by atoms with Crippen LogP contribution in [0, 0.1) is 5.92 Å². The summed E-state index contributed by atoms with van der Waals surface area (Å²) in [7, 11) is 1.92. The summed E-state index contributed by atoms with van der Waals surface area (Å²) in [6.07, 6.45) is 2.18. The van der Waals surface area contributed by atoms with E-state index in [1.165, 1.54) is 0 Å². The Morgan fingerprint density at radius 2 is 2.25 bits per heavy atom. The number of amides is 1. The average molecular weight is 244 g/mol. The molecule has 2 fully saturated rings. The Morgan fingerprint density at radius 1 is 1.50 bits per heavy atom. The molecule has 5 heteroatoms. The Labute approximate surface area is 101 Å². The van der Waals surface area contributed by atoms with Crippen LogP contribution in [-0.4, -0.2) is 55.3 Å². The van der Waals surface area contributed by atoms with Gasteiger partial charge >= 0.3 is 0 Å². The number of carbonyl (C=O) groups excluding carboxylic acids is 1. The highest BCUT2D eigenvalue weighted by Gasteiger charge is 2.27. The highest BCUT2D eigenvalue weighted by molar-refractivity contribution is 7.99. The number of rotatable bonds is 3. The maximum absolute atomic E-state index is 12.0. The third-order valence-electron chi connectivity index (χ3n) is 3.26. The standard InChI is InChI=1S/C11H20N2O2S/c1-13(6-9-2-4-15-5-3-9)11(14)10-7-16-8-12-10/h9-10,12H,2-8H2,1H3. The van der Waals surface area contributed by atoms with Crippen LogP contribution in [0.5, 0.6) is 0 Å². The Balaban J connectivity index is 1.77. The van der Waals surface area contributed by atoms with Crippen LogP contribution in [0.3, 0.4) is 0 Å². The predicted molar refractivity (Wildman–Crippen MR) is 65.4 cm³/mol. The van der Waals surface area contributed by atoms with Crippen molar-refractivity contribution in [1.29, 1.82) is 0 Å². The summed E-state index contributed by atoms with van der Waals surface area (Å²) < 4.78 is 5.32. The molecule has 0 bridgehead atoms. The van der Waals surface area contributed by atoms with Crippen molar-refractivity contribution in [2.45, 2.75) is 18.9 Å². The number of likely N-dealkylation sites (N-methyl/N-ethyl adjacent to an activating group) is 1. The van der Waals surface area contributed by atoms with Gasteiger partial charge in [0.05, 0.1) is 6.04 Å². The van der Waals surface area contributed by atoms with E-state index in [0.29, 0.717) is 5.92 Å². The van der Waals surface area contributed by atoms with Gasteiger partial charge in [0.15, 0.2) is 0 Å². The van der Waals surface area contributed by atoms with Crippen molar-refractivity contribution in [3.8, 4) is 0 Å². The lowest BCUT2D eigenvalue weighted by Gasteiger charge is -2.28. The molecule has 0 saturated carbocycles. The number of thioether (sulfide) groups is 1. The molecule has 1 amide bonds. The molecule has 1 atom stereocenters. The second kappa shape index (κ2) is 5.89. The summed E-state index contributed by atoms with van der Waals surface area (Å²) in [5.74, 6) is 2.69. The molecule has 0 aromatic carbocycles. The Hall–Kier alpha value is -0.260. The van der Waals surface area contributed by atoms with Crippen LogP contribution in [0.25, 0.3) is 0 Å². The first kappa shape index (κ1) is 12.2. The molecule has 0 spiro atoms. The Bertz CT molecular complexity index is 238. The van der Waals surface area contributed by atoms with E-state index in [0.717, 1.165) is 44.2 Å². The van der Waals surface area contributed by atoms with Gasteiger partial charge in [0.1, 0.15) is 0 Å². The van der Waals surface area contributed by atoms with E-state index in [1.807, 2.05) is 11.9 Å². The lowest BCUT2D eigenvalue weighted by atomic mass is 10.00. The van der Waals surface area contributed by atoms with Crippen molar-refractivity contribution in [1.82, 2.24) is 10.2 Å². The van der Waals surface area contributed by atoms with E-state index < -0.39 is 0 Å². The number of hydrogen-bond acceptors (Lipinski definition) is 4. The molecular formula is C11H20N2O2S. The van der Waals surface area contributed by atoms with Crippen LogP contribution < -0.4 is 5.32 Å². The van der Waals surface area contributed by atoms with Gasteiger partial charge in [-0.1, -0.05) is 0 Å². The SMILES string of the molecule is CN(CC1CCOCC1)C(=O)C1CSCN1. The summed E-state index contributed by atoms with van der Waals surface area (Å²) in [6, 6.07) is 0.0369. The van der Waals surface area contributed by atoms with Gasteiger partial charge in [0, 0.05) is 38.4 Å². The first-order valence-corrected chi connectivity index (χ1v) is 7.06. The van der Waals surface area contributed by atoms with Crippen molar-refractivity contribution in [2.24, 2.45) is 5.92 Å². The summed E-state index contributed by atoms with van der Waals surface area (Å²) in [6.45, 7) is 2.58. The predicted octanol–water partition coefficient (Wildman–Crippen LogP) is 0.534. The monoisotopic (exact) mass is 244 g/mol. The molecular weight excluding hydrogens is 224 g/mol. The molecule has 2 aliphatic rings. The van der Waals surface area contributed by atoms with Gasteiger partial charge in [-0.05, 0) is 18.8 Å². The lowest BCUT2D eigenvalue weighted by molar-refractivity contribution is -0.132. The minimum atomic E-state index is 0.0369. The molecule has 2 saturated heterocycles. The van der Waals surface area contributed by atoms with Crippen LogP contribution >= 0.6 is 11.8 Å². The molecule has 0 aromatic heterocycles. The maximum atomic E-state index is 12.0. The highest BCUT2D eigenvalue weighted by Crippen LogP contribution is 2.17. The third-order valence-corrected chi connectivity index (χ3v) is 4.20. The van der Waals surface area contributed by atoms with Crippen LogP contribution in [0.15, 0.2) is 0 Å². The van der Waals surface area contributed by atoms with E-state index in [2.05, 4.69) is 5.32 Å². The normalized spacial score (nSPS) is 26.9. The van der Waals surface area contributed by atoms with E-state index in [-0.39, 0.29) is 11.9 Å². The zero-order valence-electron chi connectivity index (χ0n) is 9.78. The third kappa shape index (κ3) is 3.12. The second-order valence-electron chi connectivity index (χ2n) is 4.55. The van der Waals surface area contributed by atoms with E-state index in [1.54, 1.807) is 11.8 Å². The van der Waals surface area contributed by atoms with E-state index in [4.69, 9.17) is 4.74 Å². The van der Waals surface area contributed by atoms with Gasteiger partial charge in [-0.15, -0.1) is 11.8 Å². The zero-order chi connectivity index (χ0) is 11.4. The fourth-order valence-electron chi connectivity index (χ4n) is 2.23. The van der Waals surface area contributed by atoms with Gasteiger partial charge in [-0.2, -0.15) is 0 Å². The fourth-order valence-corrected chi connectivity index (χ4v) is 3.16. The molecule has 4 nitrogen and oxygen atoms in total. The van der Waals surface area contributed by atoms with Gasteiger partial charge in [0.25, 0.3) is 0 Å². The largest absolute Gasteiger partial charge is 0.381 e. The average Bonchev–Trinajstić information content (AvgIpc) is 2.83. The maximum Gasteiger partial charge on any atom is 0.240 e. The van der Waals surface area contributed by atoms with E-state index >= 15 is 0 Å². The van der Waals surface area contributed by atoms with Crippen molar-refractivity contribution in [2.75, 3.05) is 38.4 Å². The number of carbonyl (C=O) groups is 1. The smallest absolute Gasteiger partial charge is 0.240 e. The molecule has 2 heterocycles. The van der Waals surface area contributed by atoms with Crippen LogP contribution in [0.4, 0.5) is 0 Å². The molecule has 0 aromatic rings. The topological polar surface area (TPSA) is 41.6 Å². The summed E-state index contributed by atoms with van der Waals surface area (Å²) in [5.41, 5.74) is 0. The van der Waals surface area contributed by atoms with Crippen molar-refractivity contribution in [3.05, 3.63) is 0 Å². The Kier molecular flexibility index (Phi) is 4.49. The minimum absolute atomic E-state index is 0.0369. The van der Waals surface area contributed by atoms with Gasteiger partial charge in [-0.25, -0.2) is 0 Å². The van der Waals surface area contributed by atoms with Crippen molar-refractivity contribution >= 4 is 17.7 Å². The molecule has 0 aliphatic carbocycles. The Morgan fingerprint density at radius 3 is 2.88 bits per heavy atom. The van der Waals surface area contributed by atoms with Gasteiger partial charge in [-0.3, -0.25) is 10.1 Å². The van der Waals surface area contributed by atoms with Gasteiger partial charge < -0.3 is 9.64 Å². The zero-order valence-corrected chi connectivity index (χ0v) is 10.6. The summed E-state index contributed by atoms with van der Waals surface area (Å²) in [4.78, 5) is 13.9. The summed E-state index contributed by atoms with van der Waals surface area (Å²) in [5, 5.41) is 3.22. The summed E-state index contributed by atoms with van der Waals surface area (Å²) >= 11 is 1.80. The minimum Gasteiger partial charge on any atom is -0.381 e. The lowest BCUT2D eigenvalue weighted by Crippen LogP contribution is -2.45. The molecule has 1 N–H and O–H groups in total.